The van der Waals surface area contributed by atoms with Crippen LogP contribution in [-0.4, -0.2) is 44.5 Å². The van der Waals surface area contributed by atoms with Crippen molar-refractivity contribution in [3.63, 3.8) is 0 Å². The first kappa shape index (κ1) is 14.8. The first-order valence-corrected chi connectivity index (χ1v) is 8.18. The normalized spacial score (nSPS) is 32.3. The van der Waals surface area contributed by atoms with Crippen molar-refractivity contribution in [2.24, 2.45) is 5.41 Å². The zero-order valence-electron chi connectivity index (χ0n) is 11.3. The van der Waals surface area contributed by atoms with Crippen LogP contribution in [0, 0.1) is 5.41 Å². The third kappa shape index (κ3) is 3.92. The second kappa shape index (κ2) is 7.22. The highest BCUT2D eigenvalue weighted by Crippen LogP contribution is 2.34. The van der Waals surface area contributed by atoms with Gasteiger partial charge in [-0.25, -0.2) is 0 Å². The molecule has 2 rings (SSSR count). The molecule has 4 heteroatoms. The number of methoxy groups -OCH3 is 1. The molecule has 0 aromatic heterocycles. The van der Waals surface area contributed by atoms with E-state index in [4.69, 9.17) is 14.2 Å². The highest BCUT2D eigenvalue weighted by Gasteiger charge is 2.33. The first-order valence-electron chi connectivity index (χ1n) is 7.06. The highest BCUT2D eigenvalue weighted by atomic mass is 79.9. The van der Waals surface area contributed by atoms with Gasteiger partial charge in [0.15, 0.2) is 0 Å². The smallest absolute Gasteiger partial charge is 0.0600 e. The number of alkyl halides is 1. The monoisotopic (exact) mass is 320 g/mol. The lowest BCUT2D eigenvalue weighted by Gasteiger charge is -2.37. The van der Waals surface area contributed by atoms with Crippen LogP contribution in [0.25, 0.3) is 0 Å². The van der Waals surface area contributed by atoms with Crippen LogP contribution in [0.3, 0.4) is 0 Å². The molecule has 106 valence electrons. The number of hydrogen-bond acceptors (Lipinski definition) is 3. The molecule has 2 fully saturated rings. The van der Waals surface area contributed by atoms with Crippen LogP contribution in [0.4, 0.5) is 0 Å². The van der Waals surface area contributed by atoms with Crippen LogP contribution in [0.1, 0.15) is 38.5 Å². The van der Waals surface area contributed by atoms with Crippen LogP contribution in [-0.2, 0) is 14.2 Å². The molecule has 0 aromatic rings. The van der Waals surface area contributed by atoms with Crippen LogP contribution < -0.4 is 0 Å². The minimum atomic E-state index is 0.290. The summed E-state index contributed by atoms with van der Waals surface area (Å²) in [6.45, 7) is 2.61. The van der Waals surface area contributed by atoms with Gasteiger partial charge >= 0.3 is 0 Å². The molecular weight excluding hydrogens is 296 g/mol. The van der Waals surface area contributed by atoms with Gasteiger partial charge in [-0.2, -0.15) is 0 Å². The molecule has 0 N–H and O–H groups in total. The Morgan fingerprint density at radius 2 is 1.94 bits per heavy atom. The van der Waals surface area contributed by atoms with Crippen LogP contribution >= 0.6 is 15.9 Å². The highest BCUT2D eigenvalue weighted by molar-refractivity contribution is 9.09. The van der Waals surface area contributed by atoms with Crippen LogP contribution in [0.2, 0.25) is 0 Å². The maximum atomic E-state index is 6.18. The summed E-state index contributed by atoms with van der Waals surface area (Å²) in [5.74, 6) is 0. The second-order valence-corrected chi connectivity index (χ2v) is 6.26. The SMILES string of the molecule is COC1CCCC(OCC2(CBr)CCOCC2)C1. The van der Waals surface area contributed by atoms with Crippen LogP contribution in [0.15, 0.2) is 0 Å². The predicted octanol–water partition coefficient (Wildman–Crippen LogP) is 3.15. The molecule has 0 radical (unpaired) electrons. The van der Waals surface area contributed by atoms with Crippen LogP contribution in [0.5, 0.6) is 0 Å². The molecule has 2 unspecified atom stereocenters. The van der Waals surface area contributed by atoms with E-state index in [1.54, 1.807) is 0 Å². The molecule has 1 aliphatic carbocycles. The number of hydrogen-bond donors (Lipinski definition) is 0. The van der Waals surface area contributed by atoms with Gasteiger partial charge in [0.25, 0.3) is 0 Å². The summed E-state index contributed by atoms with van der Waals surface area (Å²) < 4.78 is 17.1. The molecule has 0 amide bonds. The molecule has 2 atom stereocenters. The van der Waals surface area contributed by atoms with E-state index in [2.05, 4.69) is 15.9 Å². The van der Waals surface area contributed by atoms with Crippen molar-refractivity contribution >= 4 is 15.9 Å². The quantitative estimate of drug-likeness (QED) is 0.728. The van der Waals surface area contributed by atoms with Crippen molar-refractivity contribution in [3.05, 3.63) is 0 Å². The van der Waals surface area contributed by atoms with Crippen molar-refractivity contribution in [2.45, 2.75) is 50.7 Å². The Labute approximate surface area is 119 Å². The molecule has 0 bridgehead atoms. The third-order valence-electron chi connectivity index (χ3n) is 4.37. The molecular formula is C14H25BrO3. The van der Waals surface area contributed by atoms with Crippen molar-refractivity contribution in [2.75, 3.05) is 32.3 Å². The Balaban J connectivity index is 1.78. The van der Waals surface area contributed by atoms with Gasteiger partial charge < -0.3 is 14.2 Å². The molecule has 1 aliphatic heterocycles. The summed E-state index contributed by atoms with van der Waals surface area (Å²) in [5, 5.41) is 1.02. The second-order valence-electron chi connectivity index (χ2n) is 5.70. The van der Waals surface area contributed by atoms with E-state index >= 15 is 0 Å². The zero-order valence-corrected chi connectivity index (χ0v) is 12.9. The molecule has 1 saturated carbocycles. The van der Waals surface area contributed by atoms with Gasteiger partial charge in [-0.05, 0) is 38.5 Å². The Kier molecular flexibility index (Phi) is 5.93. The fraction of sp³-hybridized carbons (Fsp3) is 1.00. The molecule has 18 heavy (non-hydrogen) atoms. The van der Waals surface area contributed by atoms with E-state index in [1.165, 1.54) is 19.3 Å². The number of rotatable bonds is 5. The van der Waals surface area contributed by atoms with Gasteiger partial charge in [-0.1, -0.05) is 15.9 Å². The van der Waals surface area contributed by atoms with Gasteiger partial charge in [0.1, 0.15) is 0 Å². The van der Waals surface area contributed by atoms with E-state index in [9.17, 15) is 0 Å². The zero-order chi connectivity index (χ0) is 12.8. The van der Waals surface area contributed by atoms with Crippen molar-refractivity contribution in [1.29, 1.82) is 0 Å². The van der Waals surface area contributed by atoms with E-state index < -0.39 is 0 Å². The predicted molar refractivity (Wildman–Crippen MR) is 75.3 cm³/mol. The first-order chi connectivity index (χ1) is 8.78. The van der Waals surface area contributed by atoms with Crippen molar-refractivity contribution in [3.8, 4) is 0 Å². The maximum absolute atomic E-state index is 6.18. The molecule has 3 nitrogen and oxygen atoms in total. The average Bonchev–Trinajstić information content (AvgIpc) is 2.46. The standard InChI is InChI=1S/C14H25BrO3/c1-16-12-3-2-4-13(9-12)18-11-14(10-15)5-7-17-8-6-14/h12-13H,2-11H2,1H3. The summed E-state index contributed by atoms with van der Waals surface area (Å²) in [5.41, 5.74) is 0.290. The van der Waals surface area contributed by atoms with Gasteiger partial charge in [0.2, 0.25) is 0 Å². The Morgan fingerprint density at radius 1 is 1.22 bits per heavy atom. The van der Waals surface area contributed by atoms with Gasteiger partial charge in [-0.15, -0.1) is 0 Å². The Hall–Kier alpha value is 0.360. The van der Waals surface area contributed by atoms with E-state index in [0.29, 0.717) is 12.2 Å². The van der Waals surface area contributed by atoms with E-state index in [-0.39, 0.29) is 5.41 Å². The third-order valence-corrected chi connectivity index (χ3v) is 5.56. The lowest BCUT2D eigenvalue weighted by Crippen LogP contribution is -2.38. The van der Waals surface area contributed by atoms with Gasteiger partial charge in [0, 0.05) is 31.1 Å². The Morgan fingerprint density at radius 3 is 2.61 bits per heavy atom. The lowest BCUT2D eigenvalue weighted by molar-refractivity contribution is -0.0789. The molecule has 0 spiro atoms. The Bertz CT molecular complexity index is 241. The summed E-state index contributed by atoms with van der Waals surface area (Å²) >= 11 is 3.66. The van der Waals surface area contributed by atoms with Gasteiger partial charge in [0.05, 0.1) is 18.8 Å². The summed E-state index contributed by atoms with van der Waals surface area (Å²) in [6, 6.07) is 0. The minimum absolute atomic E-state index is 0.290. The number of halogens is 1. The fourth-order valence-electron chi connectivity index (χ4n) is 2.88. The van der Waals surface area contributed by atoms with E-state index in [1.807, 2.05) is 7.11 Å². The summed E-state index contributed by atoms with van der Waals surface area (Å²) in [7, 11) is 1.81. The van der Waals surface area contributed by atoms with Gasteiger partial charge in [-0.3, -0.25) is 0 Å². The average molecular weight is 321 g/mol. The maximum Gasteiger partial charge on any atom is 0.0600 e. The molecule has 0 aromatic carbocycles. The molecule has 2 aliphatic rings. The molecule has 1 heterocycles. The topological polar surface area (TPSA) is 27.7 Å². The van der Waals surface area contributed by atoms with Crippen molar-refractivity contribution in [1.82, 2.24) is 0 Å². The van der Waals surface area contributed by atoms with E-state index in [0.717, 1.165) is 44.4 Å². The summed E-state index contributed by atoms with van der Waals surface area (Å²) in [4.78, 5) is 0. The fourth-order valence-corrected chi connectivity index (χ4v) is 3.61. The molecule has 1 saturated heterocycles. The largest absolute Gasteiger partial charge is 0.381 e. The number of ether oxygens (including phenoxy) is 3. The lowest BCUT2D eigenvalue weighted by atomic mass is 9.83. The minimum Gasteiger partial charge on any atom is -0.381 e. The summed E-state index contributed by atoms with van der Waals surface area (Å²) in [6.07, 6.45) is 7.68. The van der Waals surface area contributed by atoms with Crippen molar-refractivity contribution < 1.29 is 14.2 Å².